The summed E-state index contributed by atoms with van der Waals surface area (Å²) in [4.78, 5) is 0. The standard InChI is InChI=1S/C26H26N2O3/c1-16-9-10-17(2)19(13-16)15-31-20-11-12-21(23(29)14-20)26-25(18(3)27-28-26)22-7-5-6-8-24(22)30-4/h5-14,29H,15H2,1-4H3,(H,27,28). The summed E-state index contributed by atoms with van der Waals surface area (Å²) in [5.41, 5.74) is 7.52. The molecule has 0 aliphatic carbocycles. The Morgan fingerprint density at radius 2 is 1.74 bits per heavy atom. The lowest BCUT2D eigenvalue weighted by Crippen LogP contribution is -1.98. The van der Waals surface area contributed by atoms with Crippen LogP contribution in [0, 0.1) is 20.8 Å². The van der Waals surface area contributed by atoms with Gasteiger partial charge in [-0.3, -0.25) is 5.10 Å². The Morgan fingerprint density at radius 3 is 2.52 bits per heavy atom. The Kier molecular flexibility index (Phi) is 5.67. The third kappa shape index (κ3) is 4.12. The van der Waals surface area contributed by atoms with E-state index < -0.39 is 0 Å². The van der Waals surface area contributed by atoms with Crippen molar-refractivity contribution in [3.05, 3.63) is 83.0 Å². The van der Waals surface area contributed by atoms with Gasteiger partial charge in [0.15, 0.2) is 0 Å². The van der Waals surface area contributed by atoms with Gasteiger partial charge >= 0.3 is 0 Å². The van der Waals surface area contributed by atoms with E-state index in [9.17, 15) is 5.11 Å². The third-order valence-corrected chi connectivity index (χ3v) is 5.45. The fraction of sp³-hybridized carbons (Fsp3) is 0.192. The van der Waals surface area contributed by atoms with Crippen LogP contribution in [0.25, 0.3) is 22.4 Å². The van der Waals surface area contributed by atoms with Crippen LogP contribution in [-0.2, 0) is 6.61 Å². The van der Waals surface area contributed by atoms with Crippen molar-refractivity contribution in [3.8, 4) is 39.6 Å². The third-order valence-electron chi connectivity index (χ3n) is 5.45. The fourth-order valence-corrected chi connectivity index (χ4v) is 3.72. The van der Waals surface area contributed by atoms with Gasteiger partial charge in [0.25, 0.3) is 0 Å². The molecule has 0 fully saturated rings. The maximum Gasteiger partial charge on any atom is 0.128 e. The minimum absolute atomic E-state index is 0.112. The monoisotopic (exact) mass is 414 g/mol. The first-order valence-electron chi connectivity index (χ1n) is 10.2. The van der Waals surface area contributed by atoms with Crippen LogP contribution in [0.5, 0.6) is 17.2 Å². The van der Waals surface area contributed by atoms with Gasteiger partial charge < -0.3 is 14.6 Å². The van der Waals surface area contributed by atoms with E-state index in [0.29, 0.717) is 23.6 Å². The maximum atomic E-state index is 10.8. The zero-order valence-electron chi connectivity index (χ0n) is 18.2. The summed E-state index contributed by atoms with van der Waals surface area (Å²) in [5.74, 6) is 1.47. The summed E-state index contributed by atoms with van der Waals surface area (Å²) in [6.45, 7) is 6.53. The molecule has 0 unspecified atom stereocenters. The molecular formula is C26H26N2O3. The number of para-hydroxylation sites is 1. The number of phenolic OH excluding ortho intramolecular Hbond substituents is 1. The van der Waals surface area contributed by atoms with Crippen molar-refractivity contribution in [2.45, 2.75) is 27.4 Å². The maximum absolute atomic E-state index is 10.8. The molecule has 0 amide bonds. The zero-order chi connectivity index (χ0) is 22.0. The number of rotatable bonds is 6. The number of methoxy groups -OCH3 is 1. The van der Waals surface area contributed by atoms with Gasteiger partial charge in [0.1, 0.15) is 29.5 Å². The van der Waals surface area contributed by atoms with E-state index in [1.807, 2.05) is 43.3 Å². The average molecular weight is 415 g/mol. The van der Waals surface area contributed by atoms with Crippen molar-refractivity contribution in [2.75, 3.05) is 7.11 Å². The number of H-pyrrole nitrogens is 1. The van der Waals surface area contributed by atoms with Crippen LogP contribution in [0.2, 0.25) is 0 Å². The van der Waals surface area contributed by atoms with E-state index in [2.05, 4.69) is 42.2 Å². The number of hydrogen-bond acceptors (Lipinski definition) is 4. The summed E-state index contributed by atoms with van der Waals surface area (Å²) < 4.78 is 11.5. The molecule has 5 nitrogen and oxygen atoms in total. The Hall–Kier alpha value is -3.73. The van der Waals surface area contributed by atoms with Gasteiger partial charge in [-0.1, -0.05) is 42.0 Å². The highest BCUT2D eigenvalue weighted by atomic mass is 16.5. The lowest BCUT2D eigenvalue weighted by atomic mass is 9.98. The minimum Gasteiger partial charge on any atom is -0.507 e. The van der Waals surface area contributed by atoms with Crippen LogP contribution in [0.15, 0.2) is 60.7 Å². The fourth-order valence-electron chi connectivity index (χ4n) is 3.72. The number of benzene rings is 3. The highest BCUT2D eigenvalue weighted by molar-refractivity contribution is 5.87. The number of nitrogens with zero attached hydrogens (tertiary/aromatic N) is 1. The Bertz CT molecular complexity index is 1230. The molecule has 4 rings (SSSR count). The lowest BCUT2D eigenvalue weighted by Gasteiger charge is -2.12. The Labute approximate surface area is 182 Å². The molecule has 0 bridgehead atoms. The molecule has 0 saturated heterocycles. The molecule has 0 aliphatic heterocycles. The van der Waals surface area contributed by atoms with Crippen LogP contribution < -0.4 is 9.47 Å². The number of hydrogen-bond donors (Lipinski definition) is 2. The van der Waals surface area contributed by atoms with Gasteiger partial charge in [0.2, 0.25) is 0 Å². The van der Waals surface area contributed by atoms with Crippen molar-refractivity contribution < 1.29 is 14.6 Å². The molecule has 0 saturated carbocycles. The van der Waals surface area contributed by atoms with Gasteiger partial charge in [-0.25, -0.2) is 0 Å². The molecule has 0 aliphatic rings. The van der Waals surface area contributed by atoms with Crippen LogP contribution in [0.1, 0.15) is 22.4 Å². The summed E-state index contributed by atoms with van der Waals surface area (Å²) >= 11 is 0. The van der Waals surface area contributed by atoms with Crippen molar-refractivity contribution >= 4 is 0 Å². The highest BCUT2D eigenvalue weighted by Crippen LogP contribution is 2.41. The van der Waals surface area contributed by atoms with Gasteiger partial charge in [-0.15, -0.1) is 0 Å². The molecule has 31 heavy (non-hydrogen) atoms. The SMILES string of the molecule is COc1ccccc1-c1c(-c2ccc(OCc3cc(C)ccc3C)cc2O)n[nH]c1C. The predicted molar refractivity (Wildman–Crippen MR) is 123 cm³/mol. The zero-order valence-corrected chi connectivity index (χ0v) is 18.2. The quantitative estimate of drug-likeness (QED) is 0.408. The smallest absolute Gasteiger partial charge is 0.128 e. The van der Waals surface area contributed by atoms with Gasteiger partial charge in [0, 0.05) is 28.5 Å². The Balaban J connectivity index is 1.64. The van der Waals surface area contributed by atoms with Crippen LogP contribution in [-0.4, -0.2) is 22.4 Å². The van der Waals surface area contributed by atoms with E-state index >= 15 is 0 Å². The second-order valence-corrected chi connectivity index (χ2v) is 7.67. The molecule has 4 aromatic rings. The summed E-state index contributed by atoms with van der Waals surface area (Å²) in [6.07, 6.45) is 0. The van der Waals surface area contributed by atoms with E-state index in [4.69, 9.17) is 9.47 Å². The second-order valence-electron chi connectivity index (χ2n) is 7.67. The summed E-state index contributed by atoms with van der Waals surface area (Å²) in [7, 11) is 1.65. The first-order chi connectivity index (χ1) is 15.0. The largest absolute Gasteiger partial charge is 0.507 e. The number of aromatic amines is 1. The minimum atomic E-state index is 0.112. The molecule has 2 N–H and O–H groups in total. The molecule has 3 aromatic carbocycles. The molecule has 158 valence electrons. The summed E-state index contributed by atoms with van der Waals surface area (Å²) in [6, 6.07) is 19.4. The van der Waals surface area contributed by atoms with Gasteiger partial charge in [-0.2, -0.15) is 5.10 Å². The van der Waals surface area contributed by atoms with Gasteiger partial charge in [-0.05, 0) is 50.1 Å². The number of nitrogens with one attached hydrogen (secondary N) is 1. The van der Waals surface area contributed by atoms with E-state index in [1.54, 1.807) is 13.2 Å². The number of aromatic hydroxyl groups is 1. The van der Waals surface area contributed by atoms with Crippen LogP contribution in [0.3, 0.4) is 0 Å². The van der Waals surface area contributed by atoms with Crippen molar-refractivity contribution in [1.29, 1.82) is 0 Å². The highest BCUT2D eigenvalue weighted by Gasteiger charge is 2.20. The first-order valence-corrected chi connectivity index (χ1v) is 10.2. The topological polar surface area (TPSA) is 67.4 Å². The molecular weight excluding hydrogens is 388 g/mol. The van der Waals surface area contributed by atoms with Crippen LogP contribution >= 0.6 is 0 Å². The second kappa shape index (κ2) is 8.56. The van der Waals surface area contributed by atoms with E-state index in [1.165, 1.54) is 11.1 Å². The van der Waals surface area contributed by atoms with Crippen molar-refractivity contribution in [1.82, 2.24) is 10.2 Å². The molecule has 0 spiro atoms. The summed E-state index contributed by atoms with van der Waals surface area (Å²) in [5, 5.41) is 18.3. The van der Waals surface area contributed by atoms with Crippen LogP contribution in [0.4, 0.5) is 0 Å². The Morgan fingerprint density at radius 1 is 0.935 bits per heavy atom. The molecule has 1 aromatic heterocycles. The number of ether oxygens (including phenoxy) is 2. The number of aryl methyl sites for hydroxylation is 3. The van der Waals surface area contributed by atoms with E-state index in [-0.39, 0.29) is 5.75 Å². The first kappa shape index (κ1) is 20.5. The molecule has 0 radical (unpaired) electrons. The van der Waals surface area contributed by atoms with Gasteiger partial charge in [0.05, 0.1) is 7.11 Å². The molecule has 1 heterocycles. The lowest BCUT2D eigenvalue weighted by molar-refractivity contribution is 0.303. The number of aromatic nitrogens is 2. The molecule has 5 heteroatoms. The van der Waals surface area contributed by atoms with Crippen molar-refractivity contribution in [3.63, 3.8) is 0 Å². The molecule has 0 atom stereocenters. The number of phenols is 1. The van der Waals surface area contributed by atoms with Crippen molar-refractivity contribution in [2.24, 2.45) is 0 Å². The normalized spacial score (nSPS) is 10.8. The van der Waals surface area contributed by atoms with E-state index in [0.717, 1.165) is 28.1 Å². The predicted octanol–water partition coefficient (Wildman–Crippen LogP) is 5.96. The average Bonchev–Trinajstić information content (AvgIpc) is 3.15.